The van der Waals surface area contributed by atoms with Crippen LogP contribution >= 0.6 is 0 Å². The lowest BCUT2D eigenvalue weighted by Crippen LogP contribution is -2.45. The van der Waals surface area contributed by atoms with Crippen molar-refractivity contribution in [2.75, 3.05) is 25.0 Å². The van der Waals surface area contributed by atoms with Gasteiger partial charge in [-0.2, -0.15) is 18.3 Å². The zero-order chi connectivity index (χ0) is 22.6. The second-order valence-corrected chi connectivity index (χ2v) is 8.90. The maximum Gasteiger partial charge on any atom is 0.435 e. The average molecular weight is 438 g/mol. The van der Waals surface area contributed by atoms with Gasteiger partial charge in [0.05, 0.1) is 12.2 Å². The predicted molar refractivity (Wildman–Crippen MR) is 112 cm³/mol. The summed E-state index contributed by atoms with van der Waals surface area (Å²) in [6.07, 6.45) is -1.38. The topological polar surface area (TPSA) is 75.9 Å². The molecule has 1 fully saturated rings. The first-order chi connectivity index (χ1) is 14.5. The van der Waals surface area contributed by atoms with Crippen LogP contribution in [0.3, 0.4) is 0 Å². The number of nitrogens with zero attached hydrogens (tertiary/aromatic N) is 5. The first-order valence-electron chi connectivity index (χ1n) is 10.5. The summed E-state index contributed by atoms with van der Waals surface area (Å²) >= 11 is 0. The minimum Gasteiger partial charge on any atom is -0.367 e. The van der Waals surface area contributed by atoms with E-state index in [0.29, 0.717) is 25.5 Å². The molecule has 170 valence electrons. The van der Waals surface area contributed by atoms with E-state index in [9.17, 15) is 18.0 Å². The first-order valence-corrected chi connectivity index (χ1v) is 10.5. The minimum absolute atomic E-state index is 0.125. The molecular formula is C21H29F3N6O. The second kappa shape index (κ2) is 9.33. The summed E-state index contributed by atoms with van der Waals surface area (Å²) in [5.74, 6) is 0.314. The van der Waals surface area contributed by atoms with Gasteiger partial charge in [0, 0.05) is 30.6 Å². The van der Waals surface area contributed by atoms with E-state index in [-0.39, 0.29) is 17.0 Å². The van der Waals surface area contributed by atoms with Crippen LogP contribution in [0.25, 0.3) is 0 Å². The van der Waals surface area contributed by atoms with Crippen molar-refractivity contribution in [2.24, 2.45) is 0 Å². The predicted octanol–water partition coefficient (Wildman–Crippen LogP) is 3.32. The number of nitrogens with one attached hydrogen (secondary N) is 1. The fourth-order valence-corrected chi connectivity index (χ4v) is 3.62. The van der Waals surface area contributed by atoms with Crippen LogP contribution in [-0.2, 0) is 18.1 Å². The molecule has 1 aliphatic rings. The molecule has 0 saturated carbocycles. The van der Waals surface area contributed by atoms with Crippen LogP contribution in [-0.4, -0.2) is 50.6 Å². The van der Waals surface area contributed by atoms with Gasteiger partial charge in [-0.15, -0.1) is 10.2 Å². The van der Waals surface area contributed by atoms with E-state index in [2.05, 4.69) is 46.3 Å². The second-order valence-electron chi connectivity index (χ2n) is 8.90. The quantitative estimate of drug-likeness (QED) is 0.746. The Hall–Kier alpha value is -2.49. The van der Waals surface area contributed by atoms with Crippen molar-refractivity contribution in [1.29, 1.82) is 0 Å². The number of alkyl halides is 3. The molecule has 0 amide bonds. The zero-order valence-electron chi connectivity index (χ0n) is 18.1. The average Bonchev–Trinajstić information content (AvgIpc) is 2.71. The molecule has 7 nitrogen and oxygen atoms in total. The Balaban J connectivity index is 1.60. The van der Waals surface area contributed by atoms with Gasteiger partial charge < -0.3 is 5.32 Å². The van der Waals surface area contributed by atoms with Crippen molar-refractivity contribution in [3.8, 4) is 0 Å². The van der Waals surface area contributed by atoms with Crippen LogP contribution in [0, 0.1) is 0 Å². The number of hydrogen-bond acceptors (Lipinski definition) is 6. The third kappa shape index (κ3) is 6.25. The van der Waals surface area contributed by atoms with Crippen molar-refractivity contribution in [3.05, 3.63) is 46.0 Å². The van der Waals surface area contributed by atoms with E-state index in [1.807, 2.05) is 0 Å². The summed E-state index contributed by atoms with van der Waals surface area (Å²) in [4.78, 5) is 14.5. The van der Waals surface area contributed by atoms with E-state index >= 15 is 0 Å². The van der Waals surface area contributed by atoms with Gasteiger partial charge in [-0.1, -0.05) is 27.2 Å². The van der Waals surface area contributed by atoms with Gasteiger partial charge in [0.2, 0.25) is 0 Å². The lowest BCUT2D eigenvalue weighted by Gasteiger charge is -2.36. The number of hydrogen-bond donors (Lipinski definition) is 1. The number of piperidine rings is 1. The van der Waals surface area contributed by atoms with E-state index < -0.39 is 11.9 Å². The zero-order valence-corrected chi connectivity index (χ0v) is 18.1. The Kier molecular flexibility index (Phi) is 6.98. The van der Waals surface area contributed by atoms with Gasteiger partial charge in [-0.25, -0.2) is 4.68 Å². The molecule has 1 N–H and O–H groups in total. The third-order valence-corrected chi connectivity index (χ3v) is 5.46. The molecule has 3 heterocycles. The number of likely N-dealkylation sites (tertiary alicyclic amines) is 1. The summed E-state index contributed by atoms with van der Waals surface area (Å²) in [7, 11) is 0. The van der Waals surface area contributed by atoms with Gasteiger partial charge in [0.15, 0.2) is 5.69 Å². The molecule has 1 saturated heterocycles. The number of aromatic nitrogens is 4. The molecule has 1 unspecified atom stereocenters. The Labute approximate surface area is 179 Å². The lowest BCUT2D eigenvalue weighted by atomic mass is 9.92. The highest BCUT2D eigenvalue weighted by atomic mass is 19.4. The Morgan fingerprint density at radius 2 is 1.77 bits per heavy atom. The van der Waals surface area contributed by atoms with Crippen LogP contribution in [0.2, 0.25) is 0 Å². The normalized spacial score (nSPS) is 18.2. The maximum absolute atomic E-state index is 12.6. The minimum atomic E-state index is -4.50. The molecule has 1 atom stereocenters. The van der Waals surface area contributed by atoms with Crippen LogP contribution in [0.5, 0.6) is 0 Å². The fourth-order valence-electron chi connectivity index (χ4n) is 3.62. The third-order valence-electron chi connectivity index (χ3n) is 5.46. The summed E-state index contributed by atoms with van der Waals surface area (Å²) < 4.78 is 39.4. The van der Waals surface area contributed by atoms with Gasteiger partial charge in [-0.05, 0) is 37.6 Å². The number of halogens is 3. The van der Waals surface area contributed by atoms with Crippen molar-refractivity contribution in [2.45, 2.75) is 64.2 Å². The molecule has 0 radical (unpaired) electrons. The fraction of sp³-hybridized carbons (Fsp3) is 0.619. The van der Waals surface area contributed by atoms with Gasteiger partial charge in [-0.3, -0.25) is 9.69 Å². The van der Waals surface area contributed by atoms with Crippen molar-refractivity contribution < 1.29 is 13.2 Å². The van der Waals surface area contributed by atoms with Crippen LogP contribution in [0.4, 0.5) is 19.0 Å². The van der Waals surface area contributed by atoms with Crippen molar-refractivity contribution in [1.82, 2.24) is 24.9 Å². The molecule has 3 rings (SSSR count). The monoisotopic (exact) mass is 438 g/mol. The van der Waals surface area contributed by atoms with Crippen LogP contribution in [0.1, 0.15) is 51.4 Å². The van der Waals surface area contributed by atoms with Gasteiger partial charge in [0.25, 0.3) is 5.56 Å². The molecule has 31 heavy (non-hydrogen) atoms. The first kappa shape index (κ1) is 23.2. The molecule has 0 aliphatic carbocycles. The van der Waals surface area contributed by atoms with Crippen molar-refractivity contribution in [3.63, 3.8) is 0 Å². The number of rotatable bonds is 6. The van der Waals surface area contributed by atoms with E-state index in [1.165, 1.54) is 10.7 Å². The summed E-state index contributed by atoms with van der Waals surface area (Å²) in [5, 5.41) is 14.5. The van der Waals surface area contributed by atoms with Crippen molar-refractivity contribution >= 4 is 5.82 Å². The molecule has 2 aromatic heterocycles. The Morgan fingerprint density at radius 3 is 2.42 bits per heavy atom. The molecule has 2 aromatic rings. The lowest BCUT2D eigenvalue weighted by molar-refractivity contribution is -0.141. The Morgan fingerprint density at radius 1 is 1.03 bits per heavy atom. The van der Waals surface area contributed by atoms with Gasteiger partial charge in [0.1, 0.15) is 5.82 Å². The molecule has 10 heteroatoms. The van der Waals surface area contributed by atoms with Crippen LogP contribution in [0.15, 0.2) is 29.1 Å². The highest BCUT2D eigenvalue weighted by molar-refractivity contribution is 5.33. The highest BCUT2D eigenvalue weighted by Crippen LogP contribution is 2.27. The number of anilines is 1. The summed E-state index contributed by atoms with van der Waals surface area (Å²) in [6.45, 7) is 8.77. The van der Waals surface area contributed by atoms with E-state index in [1.54, 1.807) is 12.1 Å². The Bertz CT molecular complexity index is 920. The summed E-state index contributed by atoms with van der Waals surface area (Å²) in [5.41, 5.74) is -0.409. The molecule has 0 bridgehead atoms. The standard InChI is InChI=1S/C21H29F3N6O/c1-20(2,3)16-8-10-19(31)30(28-16)13-12-29-11-5-4-6-15(29)14-25-18-9-7-17(26-27-18)21(22,23)24/h7-10,15H,4-6,11-14H2,1-3H3,(H,25,27). The molecule has 1 aliphatic heterocycles. The SMILES string of the molecule is CC(C)(C)c1ccc(=O)n(CCN2CCCCC2CNc2ccc(C(F)(F)F)nn2)n1. The van der Waals surface area contributed by atoms with E-state index in [4.69, 9.17) is 0 Å². The molecular weight excluding hydrogens is 409 g/mol. The highest BCUT2D eigenvalue weighted by Gasteiger charge is 2.33. The molecule has 0 aromatic carbocycles. The summed E-state index contributed by atoms with van der Waals surface area (Å²) in [6, 6.07) is 5.75. The van der Waals surface area contributed by atoms with Gasteiger partial charge >= 0.3 is 6.18 Å². The van der Waals surface area contributed by atoms with E-state index in [0.717, 1.165) is 37.6 Å². The van der Waals surface area contributed by atoms with Crippen LogP contribution < -0.4 is 10.9 Å². The largest absolute Gasteiger partial charge is 0.435 e. The smallest absolute Gasteiger partial charge is 0.367 e. The maximum atomic E-state index is 12.6. The molecule has 0 spiro atoms.